The van der Waals surface area contributed by atoms with Crippen molar-refractivity contribution in [2.75, 3.05) is 13.1 Å². The van der Waals surface area contributed by atoms with Gasteiger partial charge in [-0.1, -0.05) is 6.92 Å². The molecule has 7 heteroatoms. The first kappa shape index (κ1) is 15.2. The van der Waals surface area contributed by atoms with Gasteiger partial charge in [0.2, 0.25) is 10.0 Å². The SMILES string of the molecule is C[C@]1(c2ccn[nH]2)CCCN(S(=O)(=O)c2ccc(F)cc2)C1. The predicted molar refractivity (Wildman–Crippen MR) is 80.3 cm³/mol. The number of hydrogen-bond acceptors (Lipinski definition) is 3. The average molecular weight is 323 g/mol. The summed E-state index contributed by atoms with van der Waals surface area (Å²) >= 11 is 0. The van der Waals surface area contributed by atoms with E-state index >= 15 is 0 Å². The van der Waals surface area contributed by atoms with Crippen molar-refractivity contribution in [2.45, 2.75) is 30.1 Å². The lowest BCUT2D eigenvalue weighted by Crippen LogP contribution is -2.47. The topological polar surface area (TPSA) is 66.1 Å². The van der Waals surface area contributed by atoms with E-state index in [1.165, 1.54) is 28.6 Å². The number of hydrogen-bond donors (Lipinski definition) is 1. The maximum atomic E-state index is 13.0. The second-order valence-electron chi connectivity index (χ2n) is 5.93. The van der Waals surface area contributed by atoms with Crippen LogP contribution in [0.2, 0.25) is 0 Å². The second-order valence-corrected chi connectivity index (χ2v) is 7.86. The molecule has 0 aliphatic carbocycles. The lowest BCUT2D eigenvalue weighted by molar-refractivity contribution is 0.236. The van der Waals surface area contributed by atoms with Gasteiger partial charge in [-0.05, 0) is 43.2 Å². The molecule has 1 aliphatic rings. The minimum absolute atomic E-state index is 0.128. The zero-order valence-electron chi connectivity index (χ0n) is 12.3. The summed E-state index contributed by atoms with van der Waals surface area (Å²) < 4.78 is 40.0. The highest BCUT2D eigenvalue weighted by atomic mass is 32.2. The monoisotopic (exact) mass is 323 g/mol. The number of rotatable bonds is 3. The van der Waals surface area contributed by atoms with Crippen molar-refractivity contribution < 1.29 is 12.8 Å². The summed E-state index contributed by atoms with van der Waals surface area (Å²) in [6, 6.07) is 6.85. The molecule has 118 valence electrons. The molecule has 2 heterocycles. The van der Waals surface area contributed by atoms with Crippen molar-refractivity contribution in [2.24, 2.45) is 0 Å². The minimum Gasteiger partial charge on any atom is -0.282 e. The van der Waals surface area contributed by atoms with Crippen molar-refractivity contribution in [1.82, 2.24) is 14.5 Å². The van der Waals surface area contributed by atoms with Gasteiger partial charge in [0.05, 0.1) is 4.90 Å². The zero-order valence-corrected chi connectivity index (χ0v) is 13.1. The van der Waals surface area contributed by atoms with Crippen LogP contribution < -0.4 is 0 Å². The molecule has 0 amide bonds. The van der Waals surface area contributed by atoms with Gasteiger partial charge in [0.1, 0.15) is 5.82 Å². The van der Waals surface area contributed by atoms with Crippen LogP contribution in [0.1, 0.15) is 25.5 Å². The number of benzene rings is 1. The highest BCUT2D eigenvalue weighted by Gasteiger charge is 2.38. The van der Waals surface area contributed by atoms with Crippen LogP contribution in [0.25, 0.3) is 0 Å². The molecule has 1 N–H and O–H groups in total. The quantitative estimate of drug-likeness (QED) is 0.942. The van der Waals surface area contributed by atoms with Crippen molar-refractivity contribution in [3.8, 4) is 0 Å². The standard InChI is InChI=1S/C15H18FN3O2S/c1-15(14-7-9-17-18-14)8-2-10-19(11-15)22(20,21)13-5-3-12(16)4-6-13/h3-7,9H,2,8,10-11H2,1H3,(H,17,18)/t15-/m0/s1. The Bertz CT molecular complexity index is 744. The van der Waals surface area contributed by atoms with Crippen LogP contribution in [-0.4, -0.2) is 36.0 Å². The third-order valence-electron chi connectivity index (χ3n) is 4.26. The number of nitrogens with one attached hydrogen (secondary N) is 1. The van der Waals surface area contributed by atoms with Gasteiger partial charge in [-0.15, -0.1) is 0 Å². The summed E-state index contributed by atoms with van der Waals surface area (Å²) in [5, 5.41) is 6.91. The van der Waals surface area contributed by atoms with Crippen molar-refractivity contribution in [3.63, 3.8) is 0 Å². The van der Waals surface area contributed by atoms with E-state index < -0.39 is 15.8 Å². The molecule has 2 aromatic rings. The number of piperidine rings is 1. The Morgan fingerprint density at radius 3 is 2.64 bits per heavy atom. The molecular weight excluding hydrogens is 305 g/mol. The average Bonchev–Trinajstić information content (AvgIpc) is 3.03. The molecular formula is C15H18FN3O2S. The molecule has 0 spiro atoms. The molecule has 1 aromatic carbocycles. The van der Waals surface area contributed by atoms with E-state index in [9.17, 15) is 12.8 Å². The van der Waals surface area contributed by atoms with Crippen molar-refractivity contribution in [3.05, 3.63) is 48.0 Å². The van der Waals surface area contributed by atoms with Gasteiger partial charge in [0.25, 0.3) is 0 Å². The third-order valence-corrected chi connectivity index (χ3v) is 6.12. The Kier molecular flexibility index (Phi) is 3.78. The smallest absolute Gasteiger partial charge is 0.243 e. The number of halogens is 1. The normalized spacial score (nSPS) is 23.5. The predicted octanol–water partition coefficient (Wildman–Crippen LogP) is 2.29. The van der Waals surface area contributed by atoms with E-state index in [0.29, 0.717) is 13.1 Å². The van der Waals surface area contributed by atoms with E-state index in [1.54, 1.807) is 6.20 Å². The molecule has 0 radical (unpaired) electrons. The summed E-state index contributed by atoms with van der Waals surface area (Å²) in [7, 11) is -3.61. The van der Waals surface area contributed by atoms with Gasteiger partial charge in [0, 0.05) is 30.4 Å². The van der Waals surface area contributed by atoms with Crippen LogP contribution in [0.4, 0.5) is 4.39 Å². The number of aromatic nitrogens is 2. The minimum atomic E-state index is -3.61. The van der Waals surface area contributed by atoms with Crippen LogP contribution in [0.5, 0.6) is 0 Å². The van der Waals surface area contributed by atoms with Crippen LogP contribution in [0.15, 0.2) is 41.4 Å². The summed E-state index contributed by atoms with van der Waals surface area (Å²) in [6.07, 6.45) is 3.34. The molecule has 0 saturated carbocycles. The van der Waals surface area contributed by atoms with Gasteiger partial charge in [0.15, 0.2) is 0 Å². The van der Waals surface area contributed by atoms with E-state index in [4.69, 9.17) is 0 Å². The molecule has 22 heavy (non-hydrogen) atoms. The first-order chi connectivity index (χ1) is 10.4. The zero-order chi connectivity index (χ0) is 15.8. The molecule has 0 bridgehead atoms. The Labute approximate surface area is 129 Å². The third kappa shape index (κ3) is 2.66. The fraction of sp³-hybridized carbons (Fsp3) is 0.400. The molecule has 1 aromatic heterocycles. The maximum Gasteiger partial charge on any atom is 0.243 e. The number of sulfonamides is 1. The summed E-state index contributed by atoms with van der Waals surface area (Å²) in [4.78, 5) is 0.128. The van der Waals surface area contributed by atoms with Crippen LogP contribution >= 0.6 is 0 Å². The molecule has 1 atom stereocenters. The first-order valence-electron chi connectivity index (χ1n) is 7.17. The Balaban J connectivity index is 1.90. The highest BCUT2D eigenvalue weighted by molar-refractivity contribution is 7.89. The van der Waals surface area contributed by atoms with Crippen molar-refractivity contribution >= 4 is 10.0 Å². The fourth-order valence-electron chi connectivity index (χ4n) is 2.97. The Morgan fingerprint density at radius 1 is 1.27 bits per heavy atom. The molecule has 1 fully saturated rings. The van der Waals surface area contributed by atoms with E-state index in [-0.39, 0.29) is 10.3 Å². The maximum absolute atomic E-state index is 13.0. The lowest BCUT2D eigenvalue weighted by atomic mass is 9.80. The van der Waals surface area contributed by atoms with Gasteiger partial charge < -0.3 is 0 Å². The largest absolute Gasteiger partial charge is 0.282 e. The van der Waals surface area contributed by atoms with E-state index in [0.717, 1.165) is 18.5 Å². The van der Waals surface area contributed by atoms with Gasteiger partial charge in [-0.2, -0.15) is 9.40 Å². The van der Waals surface area contributed by atoms with E-state index in [1.807, 2.05) is 13.0 Å². The molecule has 1 aliphatic heterocycles. The van der Waals surface area contributed by atoms with E-state index in [2.05, 4.69) is 10.2 Å². The Morgan fingerprint density at radius 2 is 2.00 bits per heavy atom. The Hall–Kier alpha value is -1.73. The molecule has 1 saturated heterocycles. The molecule has 5 nitrogen and oxygen atoms in total. The van der Waals surface area contributed by atoms with Gasteiger partial charge in [-0.3, -0.25) is 5.10 Å². The lowest BCUT2D eigenvalue weighted by Gasteiger charge is -2.39. The second kappa shape index (κ2) is 5.48. The summed E-state index contributed by atoms with van der Waals surface area (Å²) in [5.74, 6) is -0.445. The van der Waals surface area contributed by atoms with Crippen LogP contribution in [0, 0.1) is 5.82 Å². The first-order valence-corrected chi connectivity index (χ1v) is 8.61. The van der Waals surface area contributed by atoms with Crippen molar-refractivity contribution in [1.29, 1.82) is 0 Å². The molecule has 3 rings (SSSR count). The summed E-state index contributed by atoms with van der Waals surface area (Å²) in [5.41, 5.74) is 0.647. The number of aromatic amines is 1. The van der Waals surface area contributed by atoms with Crippen LogP contribution in [-0.2, 0) is 15.4 Å². The van der Waals surface area contributed by atoms with Gasteiger partial charge in [-0.25, -0.2) is 12.8 Å². The highest BCUT2D eigenvalue weighted by Crippen LogP contribution is 2.34. The van der Waals surface area contributed by atoms with Gasteiger partial charge >= 0.3 is 0 Å². The fourth-order valence-corrected chi connectivity index (χ4v) is 4.57. The summed E-state index contributed by atoms with van der Waals surface area (Å²) in [6.45, 7) is 2.89. The van der Waals surface area contributed by atoms with Crippen LogP contribution in [0.3, 0.4) is 0 Å². The number of nitrogens with zero attached hydrogens (tertiary/aromatic N) is 2. The molecule has 0 unspecified atom stereocenters. The number of H-pyrrole nitrogens is 1.